The summed E-state index contributed by atoms with van der Waals surface area (Å²) in [6.45, 7) is 2.84. The normalized spacial score (nSPS) is 12.1. The number of ether oxygens (including phenoxy) is 1. The van der Waals surface area contributed by atoms with Crippen LogP contribution in [0.5, 0.6) is 11.5 Å². The minimum atomic E-state index is 0.169. The molecule has 0 saturated heterocycles. The smallest absolute Gasteiger partial charge is 0.160 e. The Morgan fingerprint density at radius 2 is 1.81 bits per heavy atom. The van der Waals surface area contributed by atoms with Gasteiger partial charge in [-0.05, 0) is 48.7 Å². The van der Waals surface area contributed by atoms with Gasteiger partial charge < -0.3 is 15.2 Å². The maximum absolute atomic E-state index is 9.75. The molecule has 0 aromatic heterocycles. The van der Waals surface area contributed by atoms with Crippen molar-refractivity contribution in [1.29, 1.82) is 0 Å². The number of hydrogen-bond acceptors (Lipinski definition) is 3. The molecule has 1 unspecified atom stereocenters. The summed E-state index contributed by atoms with van der Waals surface area (Å²) < 4.78 is 5.03. The Hall–Kier alpha value is -1.71. The topological polar surface area (TPSA) is 41.5 Å². The van der Waals surface area contributed by atoms with Crippen molar-refractivity contribution in [2.75, 3.05) is 7.11 Å². The third-order valence-electron chi connectivity index (χ3n) is 3.35. The summed E-state index contributed by atoms with van der Waals surface area (Å²) in [6.07, 6.45) is 0.930. The zero-order valence-electron chi connectivity index (χ0n) is 12.3. The van der Waals surface area contributed by atoms with Crippen LogP contribution in [0.1, 0.15) is 18.1 Å². The first-order valence-electron chi connectivity index (χ1n) is 6.92. The van der Waals surface area contributed by atoms with E-state index in [0.29, 0.717) is 18.3 Å². The van der Waals surface area contributed by atoms with Crippen molar-refractivity contribution in [2.24, 2.45) is 0 Å². The number of aromatic hydroxyl groups is 1. The highest BCUT2D eigenvalue weighted by Crippen LogP contribution is 2.26. The van der Waals surface area contributed by atoms with Crippen molar-refractivity contribution < 1.29 is 9.84 Å². The molecule has 1 atom stereocenters. The van der Waals surface area contributed by atoms with Crippen molar-refractivity contribution in [3.8, 4) is 11.5 Å². The summed E-state index contributed by atoms with van der Waals surface area (Å²) in [5.41, 5.74) is 2.27. The van der Waals surface area contributed by atoms with Gasteiger partial charge in [-0.3, -0.25) is 0 Å². The highest BCUT2D eigenvalue weighted by Gasteiger charge is 2.06. The zero-order valence-corrected chi connectivity index (χ0v) is 13.0. The fourth-order valence-electron chi connectivity index (χ4n) is 2.18. The molecule has 0 spiro atoms. The van der Waals surface area contributed by atoms with E-state index in [1.54, 1.807) is 19.2 Å². The molecule has 0 aliphatic heterocycles. The van der Waals surface area contributed by atoms with E-state index >= 15 is 0 Å². The number of rotatable bonds is 6. The minimum Gasteiger partial charge on any atom is -0.504 e. The summed E-state index contributed by atoms with van der Waals surface area (Å²) in [5, 5.41) is 14.0. The van der Waals surface area contributed by atoms with Crippen LogP contribution in [0.3, 0.4) is 0 Å². The molecule has 4 heteroatoms. The third-order valence-corrected chi connectivity index (χ3v) is 3.61. The van der Waals surface area contributed by atoms with Gasteiger partial charge in [0, 0.05) is 17.6 Å². The van der Waals surface area contributed by atoms with Gasteiger partial charge >= 0.3 is 0 Å². The molecule has 0 amide bonds. The predicted octanol–water partition coefficient (Wildman–Crippen LogP) is 3.78. The lowest BCUT2D eigenvalue weighted by atomic mass is 10.1. The van der Waals surface area contributed by atoms with Gasteiger partial charge in [0.15, 0.2) is 11.5 Å². The Balaban J connectivity index is 1.87. The van der Waals surface area contributed by atoms with Crippen molar-refractivity contribution in [1.82, 2.24) is 5.32 Å². The maximum Gasteiger partial charge on any atom is 0.160 e. The fourth-order valence-corrected chi connectivity index (χ4v) is 2.31. The Morgan fingerprint density at radius 1 is 1.14 bits per heavy atom. The second-order valence-corrected chi connectivity index (χ2v) is 5.56. The molecule has 21 heavy (non-hydrogen) atoms. The van der Waals surface area contributed by atoms with E-state index in [1.807, 2.05) is 30.3 Å². The summed E-state index contributed by atoms with van der Waals surface area (Å²) in [6, 6.07) is 13.7. The first-order chi connectivity index (χ1) is 10.1. The van der Waals surface area contributed by atoms with Gasteiger partial charge in [0.25, 0.3) is 0 Å². The minimum absolute atomic E-state index is 0.169. The number of phenolic OH excluding ortho intramolecular Hbond substituents is 1. The highest BCUT2D eigenvalue weighted by atomic mass is 35.5. The van der Waals surface area contributed by atoms with E-state index in [-0.39, 0.29) is 5.75 Å². The molecule has 0 heterocycles. The number of halogens is 1. The summed E-state index contributed by atoms with van der Waals surface area (Å²) in [4.78, 5) is 0. The molecule has 2 rings (SSSR count). The molecule has 3 nitrogen and oxygen atoms in total. The lowest BCUT2D eigenvalue weighted by Gasteiger charge is -2.14. The van der Waals surface area contributed by atoms with E-state index in [9.17, 15) is 5.11 Å². The van der Waals surface area contributed by atoms with Crippen LogP contribution in [0, 0.1) is 0 Å². The van der Waals surface area contributed by atoms with Crippen molar-refractivity contribution >= 4 is 11.6 Å². The van der Waals surface area contributed by atoms with Crippen LogP contribution in [0.15, 0.2) is 42.5 Å². The van der Waals surface area contributed by atoms with Gasteiger partial charge in [-0.1, -0.05) is 29.8 Å². The largest absolute Gasteiger partial charge is 0.504 e. The third kappa shape index (κ3) is 4.66. The molecule has 0 bridgehead atoms. The van der Waals surface area contributed by atoms with Crippen LogP contribution in [-0.2, 0) is 13.0 Å². The molecule has 0 radical (unpaired) electrons. The van der Waals surface area contributed by atoms with E-state index in [4.69, 9.17) is 16.3 Å². The summed E-state index contributed by atoms with van der Waals surface area (Å²) >= 11 is 5.88. The standard InChI is InChI=1S/C17H20ClNO2/c1-12(9-13-3-6-15(18)7-4-13)19-11-14-5-8-17(21-2)16(20)10-14/h3-8,10,12,19-20H,9,11H2,1-2H3. The molecule has 0 fully saturated rings. The van der Waals surface area contributed by atoms with Crippen molar-refractivity contribution in [2.45, 2.75) is 25.9 Å². The van der Waals surface area contributed by atoms with Crippen LogP contribution in [-0.4, -0.2) is 18.3 Å². The quantitative estimate of drug-likeness (QED) is 0.853. The van der Waals surface area contributed by atoms with Crippen molar-refractivity contribution in [3.63, 3.8) is 0 Å². The lowest BCUT2D eigenvalue weighted by molar-refractivity contribution is 0.373. The molecule has 0 aliphatic carbocycles. The second-order valence-electron chi connectivity index (χ2n) is 5.12. The second kappa shape index (κ2) is 7.34. The van der Waals surface area contributed by atoms with Crippen LogP contribution in [0.2, 0.25) is 5.02 Å². The molecular weight excluding hydrogens is 286 g/mol. The van der Waals surface area contributed by atoms with Gasteiger partial charge in [-0.2, -0.15) is 0 Å². The molecule has 0 aliphatic rings. The fraction of sp³-hybridized carbons (Fsp3) is 0.294. The molecular formula is C17H20ClNO2. The Bertz CT molecular complexity index is 584. The number of hydrogen-bond donors (Lipinski definition) is 2. The van der Waals surface area contributed by atoms with Gasteiger partial charge in [0.1, 0.15) is 0 Å². The first kappa shape index (κ1) is 15.7. The predicted molar refractivity (Wildman–Crippen MR) is 86.1 cm³/mol. The van der Waals surface area contributed by atoms with E-state index < -0.39 is 0 Å². The Kier molecular flexibility index (Phi) is 5.48. The number of benzene rings is 2. The van der Waals surface area contributed by atoms with Crippen LogP contribution in [0.25, 0.3) is 0 Å². The molecule has 2 aromatic rings. The van der Waals surface area contributed by atoms with E-state index in [2.05, 4.69) is 12.2 Å². The van der Waals surface area contributed by atoms with E-state index in [0.717, 1.165) is 17.0 Å². The zero-order chi connectivity index (χ0) is 15.2. The molecule has 2 N–H and O–H groups in total. The van der Waals surface area contributed by atoms with Gasteiger partial charge in [0.05, 0.1) is 7.11 Å². The first-order valence-corrected chi connectivity index (χ1v) is 7.30. The van der Waals surface area contributed by atoms with Crippen molar-refractivity contribution in [3.05, 3.63) is 58.6 Å². The van der Waals surface area contributed by atoms with Crippen LogP contribution in [0.4, 0.5) is 0 Å². The lowest BCUT2D eigenvalue weighted by Crippen LogP contribution is -2.27. The van der Waals surface area contributed by atoms with Gasteiger partial charge in [-0.15, -0.1) is 0 Å². The van der Waals surface area contributed by atoms with Gasteiger partial charge in [-0.25, -0.2) is 0 Å². The summed E-state index contributed by atoms with van der Waals surface area (Å²) in [5.74, 6) is 0.662. The van der Waals surface area contributed by atoms with E-state index in [1.165, 1.54) is 5.56 Å². The SMILES string of the molecule is COc1ccc(CNC(C)Cc2ccc(Cl)cc2)cc1O. The Labute approximate surface area is 130 Å². The van der Waals surface area contributed by atoms with Gasteiger partial charge in [0.2, 0.25) is 0 Å². The molecule has 112 valence electrons. The number of nitrogens with one attached hydrogen (secondary N) is 1. The average Bonchev–Trinajstić information content (AvgIpc) is 2.48. The average molecular weight is 306 g/mol. The highest BCUT2D eigenvalue weighted by molar-refractivity contribution is 6.30. The Morgan fingerprint density at radius 3 is 2.43 bits per heavy atom. The monoisotopic (exact) mass is 305 g/mol. The van der Waals surface area contributed by atoms with Crippen LogP contribution >= 0.6 is 11.6 Å². The molecule has 2 aromatic carbocycles. The number of methoxy groups -OCH3 is 1. The molecule has 0 saturated carbocycles. The summed E-state index contributed by atoms with van der Waals surface area (Å²) in [7, 11) is 1.54. The number of phenols is 1. The maximum atomic E-state index is 9.75. The van der Waals surface area contributed by atoms with Crippen LogP contribution < -0.4 is 10.1 Å².